The van der Waals surface area contributed by atoms with E-state index in [1.54, 1.807) is 0 Å². The van der Waals surface area contributed by atoms with Crippen LogP contribution in [0, 0.1) is 5.92 Å². The van der Waals surface area contributed by atoms with Crippen molar-refractivity contribution >= 4 is 6.09 Å². The molecule has 0 aromatic rings. The number of rotatable bonds is 6. The van der Waals surface area contributed by atoms with Gasteiger partial charge in [-0.2, -0.15) is 0 Å². The van der Waals surface area contributed by atoms with Crippen LogP contribution in [0.2, 0.25) is 0 Å². The van der Waals surface area contributed by atoms with Crippen LogP contribution in [0.1, 0.15) is 13.8 Å². The zero-order valence-electron chi connectivity index (χ0n) is 9.06. The summed E-state index contributed by atoms with van der Waals surface area (Å²) in [5.41, 5.74) is -1.42. The number of aliphatic hydroxyl groups is 3. The topological polar surface area (TPSA) is 99.0 Å². The van der Waals surface area contributed by atoms with Gasteiger partial charge in [0.1, 0.15) is 5.54 Å². The minimum atomic E-state index is -1.42. The maximum absolute atomic E-state index is 11.2. The fraction of sp³-hybridized carbons (Fsp3) is 0.889. The van der Waals surface area contributed by atoms with Crippen molar-refractivity contribution in [1.82, 2.24) is 5.32 Å². The summed E-state index contributed by atoms with van der Waals surface area (Å²) in [6.45, 7) is 2.32. The first-order valence-electron chi connectivity index (χ1n) is 4.77. The second-order valence-electron chi connectivity index (χ2n) is 3.87. The summed E-state index contributed by atoms with van der Waals surface area (Å²) >= 11 is 0. The van der Waals surface area contributed by atoms with Gasteiger partial charge < -0.3 is 25.4 Å². The third kappa shape index (κ3) is 4.96. The van der Waals surface area contributed by atoms with E-state index in [1.165, 1.54) is 0 Å². The molecule has 0 saturated heterocycles. The minimum absolute atomic E-state index is 0.197. The number of nitrogens with one attached hydrogen (secondary N) is 1. The molecule has 0 spiro atoms. The van der Waals surface area contributed by atoms with E-state index in [-0.39, 0.29) is 12.5 Å². The maximum Gasteiger partial charge on any atom is 0.407 e. The van der Waals surface area contributed by atoms with Gasteiger partial charge in [-0.15, -0.1) is 0 Å². The van der Waals surface area contributed by atoms with Gasteiger partial charge in [0.15, 0.2) is 0 Å². The summed E-state index contributed by atoms with van der Waals surface area (Å²) in [7, 11) is 0. The molecule has 0 bridgehead atoms. The van der Waals surface area contributed by atoms with Gasteiger partial charge in [0.25, 0.3) is 0 Å². The normalized spacial score (nSPS) is 11.6. The Balaban J connectivity index is 4.11. The van der Waals surface area contributed by atoms with Crippen molar-refractivity contribution in [2.45, 2.75) is 19.4 Å². The second kappa shape index (κ2) is 6.60. The summed E-state index contributed by atoms with van der Waals surface area (Å²) < 4.78 is 4.78. The molecule has 15 heavy (non-hydrogen) atoms. The summed E-state index contributed by atoms with van der Waals surface area (Å²) in [5, 5.41) is 29.0. The second-order valence-corrected chi connectivity index (χ2v) is 3.87. The Bertz CT molecular complexity index is 183. The molecule has 0 saturated carbocycles. The number of hydrogen-bond acceptors (Lipinski definition) is 5. The minimum Gasteiger partial charge on any atom is -0.449 e. The summed E-state index contributed by atoms with van der Waals surface area (Å²) in [5.74, 6) is 0.197. The molecular weight excluding hydrogens is 202 g/mol. The third-order valence-electron chi connectivity index (χ3n) is 1.82. The molecule has 0 atom stereocenters. The molecule has 1 amide bonds. The molecule has 0 aliphatic rings. The molecule has 0 rings (SSSR count). The molecular formula is C9H19NO5. The van der Waals surface area contributed by atoms with E-state index in [1.807, 2.05) is 13.8 Å². The first-order chi connectivity index (χ1) is 6.99. The number of ether oxygens (including phenoxy) is 1. The third-order valence-corrected chi connectivity index (χ3v) is 1.82. The Morgan fingerprint density at radius 3 is 2.07 bits per heavy atom. The van der Waals surface area contributed by atoms with Gasteiger partial charge in [0.05, 0.1) is 26.4 Å². The van der Waals surface area contributed by atoms with Crippen molar-refractivity contribution < 1.29 is 24.9 Å². The Morgan fingerprint density at radius 1 is 1.27 bits per heavy atom. The van der Waals surface area contributed by atoms with E-state index in [4.69, 9.17) is 20.1 Å². The highest BCUT2D eigenvalue weighted by Crippen LogP contribution is 2.02. The van der Waals surface area contributed by atoms with Crippen LogP contribution in [0.15, 0.2) is 0 Å². The van der Waals surface area contributed by atoms with Crippen molar-refractivity contribution in [3.8, 4) is 0 Å². The first kappa shape index (κ1) is 14.2. The van der Waals surface area contributed by atoms with Crippen molar-refractivity contribution in [3.05, 3.63) is 0 Å². The van der Waals surface area contributed by atoms with Crippen LogP contribution in [0.25, 0.3) is 0 Å². The summed E-state index contributed by atoms with van der Waals surface area (Å²) in [4.78, 5) is 11.2. The van der Waals surface area contributed by atoms with Crippen LogP contribution < -0.4 is 5.32 Å². The van der Waals surface area contributed by atoms with Crippen LogP contribution in [0.5, 0.6) is 0 Å². The van der Waals surface area contributed by atoms with Crippen molar-refractivity contribution in [2.24, 2.45) is 5.92 Å². The molecule has 0 unspecified atom stereocenters. The van der Waals surface area contributed by atoms with Crippen molar-refractivity contribution in [3.63, 3.8) is 0 Å². The zero-order chi connectivity index (χ0) is 11.9. The van der Waals surface area contributed by atoms with Crippen LogP contribution in [0.3, 0.4) is 0 Å². The number of carbonyl (C=O) groups excluding carboxylic acids is 1. The number of carbonyl (C=O) groups is 1. The highest BCUT2D eigenvalue weighted by Gasteiger charge is 2.30. The van der Waals surface area contributed by atoms with Crippen LogP contribution >= 0.6 is 0 Å². The summed E-state index contributed by atoms with van der Waals surface area (Å²) in [6.07, 6.45) is -0.763. The van der Waals surface area contributed by atoms with E-state index in [0.29, 0.717) is 0 Å². The van der Waals surface area contributed by atoms with E-state index in [2.05, 4.69) is 5.32 Å². The number of hydrogen-bond donors (Lipinski definition) is 4. The lowest BCUT2D eigenvalue weighted by atomic mass is 10.0. The zero-order valence-corrected chi connectivity index (χ0v) is 9.06. The Hall–Kier alpha value is -0.850. The molecule has 0 aromatic carbocycles. The van der Waals surface area contributed by atoms with Crippen LogP contribution in [-0.4, -0.2) is 53.4 Å². The molecule has 0 fully saturated rings. The van der Waals surface area contributed by atoms with E-state index in [9.17, 15) is 4.79 Å². The average Bonchev–Trinajstić information content (AvgIpc) is 2.23. The quantitative estimate of drug-likeness (QED) is 0.465. The van der Waals surface area contributed by atoms with E-state index >= 15 is 0 Å². The molecule has 0 aliphatic carbocycles. The summed E-state index contributed by atoms with van der Waals surface area (Å²) in [6, 6.07) is 0. The van der Waals surface area contributed by atoms with Gasteiger partial charge in [-0.25, -0.2) is 4.79 Å². The SMILES string of the molecule is CC(C)COC(=O)NC(CO)(CO)CO. The first-order valence-corrected chi connectivity index (χ1v) is 4.77. The van der Waals surface area contributed by atoms with Gasteiger partial charge >= 0.3 is 6.09 Å². The lowest BCUT2D eigenvalue weighted by Crippen LogP contribution is -2.57. The Kier molecular flexibility index (Phi) is 6.23. The van der Waals surface area contributed by atoms with Crippen LogP contribution in [0.4, 0.5) is 4.79 Å². The monoisotopic (exact) mass is 221 g/mol. The Labute approximate surface area is 88.9 Å². The number of amides is 1. The molecule has 0 radical (unpaired) electrons. The maximum atomic E-state index is 11.2. The van der Waals surface area contributed by atoms with Gasteiger partial charge in [0, 0.05) is 0 Å². The highest BCUT2D eigenvalue weighted by molar-refractivity contribution is 5.68. The molecule has 4 N–H and O–H groups in total. The fourth-order valence-corrected chi connectivity index (χ4v) is 0.764. The van der Waals surface area contributed by atoms with E-state index in [0.717, 1.165) is 0 Å². The lowest BCUT2D eigenvalue weighted by molar-refractivity contribution is 0.0352. The van der Waals surface area contributed by atoms with Crippen molar-refractivity contribution in [2.75, 3.05) is 26.4 Å². The number of aliphatic hydroxyl groups excluding tert-OH is 3. The molecule has 0 heterocycles. The standard InChI is InChI=1S/C9H19NO5/c1-7(2)3-15-8(14)10-9(4-11,5-12)6-13/h7,11-13H,3-6H2,1-2H3,(H,10,14). The molecule has 0 aromatic heterocycles. The average molecular weight is 221 g/mol. The predicted octanol–water partition coefficient (Wildman–Crippen LogP) is -0.916. The molecule has 0 aliphatic heterocycles. The predicted molar refractivity (Wildman–Crippen MR) is 53.3 cm³/mol. The van der Waals surface area contributed by atoms with E-state index < -0.39 is 31.5 Å². The molecule has 6 heteroatoms. The van der Waals surface area contributed by atoms with Gasteiger partial charge in [-0.05, 0) is 5.92 Å². The van der Waals surface area contributed by atoms with Crippen molar-refractivity contribution in [1.29, 1.82) is 0 Å². The smallest absolute Gasteiger partial charge is 0.407 e. The lowest BCUT2D eigenvalue weighted by Gasteiger charge is -2.28. The van der Waals surface area contributed by atoms with Gasteiger partial charge in [-0.1, -0.05) is 13.8 Å². The molecule has 90 valence electrons. The fourth-order valence-electron chi connectivity index (χ4n) is 0.764. The molecule has 6 nitrogen and oxygen atoms in total. The van der Waals surface area contributed by atoms with Crippen LogP contribution in [-0.2, 0) is 4.74 Å². The highest BCUT2D eigenvalue weighted by atomic mass is 16.5. The van der Waals surface area contributed by atoms with Gasteiger partial charge in [-0.3, -0.25) is 0 Å². The van der Waals surface area contributed by atoms with Gasteiger partial charge in [0.2, 0.25) is 0 Å². The largest absolute Gasteiger partial charge is 0.449 e. The Morgan fingerprint density at radius 2 is 1.73 bits per heavy atom. The number of alkyl carbamates (subject to hydrolysis) is 1.